The number of hydrogen-bond donors (Lipinski definition) is 2. The van der Waals surface area contributed by atoms with E-state index in [2.05, 4.69) is 15.5 Å². The summed E-state index contributed by atoms with van der Waals surface area (Å²) >= 11 is 0. The summed E-state index contributed by atoms with van der Waals surface area (Å²) in [4.78, 5) is 23.5. The highest BCUT2D eigenvalue weighted by atomic mass is 16.2. The number of carbonyl (C=O) groups is 2. The largest absolute Gasteiger partial charge is 0.344 e. The maximum Gasteiger partial charge on any atom is 0.272 e. The standard InChI is InChI=1S/C14H21N3O2/c1-10-7-13(17-16-10)14(19)15-9-12(18)8-11-5-3-2-4-6-11/h7,11H,2-6,8-9H2,1H3,(H,15,19)(H,16,17). The minimum Gasteiger partial charge on any atom is -0.344 e. The van der Waals surface area contributed by atoms with Crippen molar-refractivity contribution in [2.45, 2.75) is 45.4 Å². The summed E-state index contributed by atoms with van der Waals surface area (Å²) in [6, 6.07) is 1.67. The molecular weight excluding hydrogens is 242 g/mol. The van der Waals surface area contributed by atoms with Gasteiger partial charge in [-0.2, -0.15) is 5.10 Å². The molecule has 104 valence electrons. The number of nitrogens with zero attached hydrogens (tertiary/aromatic N) is 1. The fraction of sp³-hybridized carbons (Fsp3) is 0.643. The van der Waals surface area contributed by atoms with E-state index in [0.717, 1.165) is 18.5 Å². The Morgan fingerprint density at radius 3 is 2.74 bits per heavy atom. The van der Waals surface area contributed by atoms with Gasteiger partial charge in [0.25, 0.3) is 5.91 Å². The molecule has 0 aliphatic heterocycles. The van der Waals surface area contributed by atoms with Crippen molar-refractivity contribution in [1.29, 1.82) is 0 Å². The second-order valence-corrected chi connectivity index (χ2v) is 5.37. The molecule has 1 saturated carbocycles. The van der Waals surface area contributed by atoms with E-state index in [1.54, 1.807) is 6.07 Å². The van der Waals surface area contributed by atoms with Crippen LogP contribution in [0.5, 0.6) is 0 Å². The highest BCUT2D eigenvalue weighted by Gasteiger charge is 2.17. The number of aromatic nitrogens is 2. The van der Waals surface area contributed by atoms with E-state index in [1.807, 2.05) is 6.92 Å². The van der Waals surface area contributed by atoms with Gasteiger partial charge in [-0.15, -0.1) is 0 Å². The summed E-state index contributed by atoms with van der Waals surface area (Å²) in [5.74, 6) is 0.347. The minimum absolute atomic E-state index is 0.112. The van der Waals surface area contributed by atoms with Gasteiger partial charge in [0, 0.05) is 12.1 Å². The Bertz CT molecular complexity index is 447. The van der Waals surface area contributed by atoms with Crippen LogP contribution >= 0.6 is 0 Å². The average molecular weight is 263 g/mol. The molecular formula is C14H21N3O2. The van der Waals surface area contributed by atoms with E-state index >= 15 is 0 Å². The molecule has 2 rings (SSSR count). The van der Waals surface area contributed by atoms with E-state index in [-0.39, 0.29) is 18.2 Å². The molecule has 2 N–H and O–H groups in total. The molecule has 0 bridgehead atoms. The normalized spacial score (nSPS) is 16.3. The first kappa shape index (κ1) is 13.8. The van der Waals surface area contributed by atoms with Crippen molar-refractivity contribution in [2.75, 3.05) is 6.54 Å². The molecule has 0 radical (unpaired) electrons. The molecule has 1 aliphatic rings. The molecule has 5 heteroatoms. The number of ketones is 1. The molecule has 0 atom stereocenters. The first-order valence-corrected chi connectivity index (χ1v) is 6.97. The smallest absolute Gasteiger partial charge is 0.272 e. The Balaban J connectivity index is 1.72. The Labute approximate surface area is 113 Å². The van der Waals surface area contributed by atoms with Crippen LogP contribution in [0.1, 0.15) is 54.7 Å². The number of carbonyl (C=O) groups excluding carboxylic acids is 2. The molecule has 19 heavy (non-hydrogen) atoms. The number of nitrogens with one attached hydrogen (secondary N) is 2. The molecule has 0 aromatic carbocycles. The molecule has 1 aromatic heterocycles. The molecule has 5 nitrogen and oxygen atoms in total. The van der Waals surface area contributed by atoms with Gasteiger partial charge in [-0.25, -0.2) is 0 Å². The molecule has 1 heterocycles. The monoisotopic (exact) mass is 263 g/mol. The Kier molecular flexibility index (Phi) is 4.71. The van der Waals surface area contributed by atoms with Crippen LogP contribution in [0.3, 0.4) is 0 Å². The molecule has 1 amide bonds. The van der Waals surface area contributed by atoms with Crippen molar-refractivity contribution in [3.05, 3.63) is 17.5 Å². The lowest BCUT2D eigenvalue weighted by Gasteiger charge is -2.20. The zero-order valence-electron chi connectivity index (χ0n) is 11.4. The van der Waals surface area contributed by atoms with Gasteiger partial charge in [-0.1, -0.05) is 32.1 Å². The number of H-pyrrole nitrogens is 1. The van der Waals surface area contributed by atoms with Crippen molar-refractivity contribution in [3.63, 3.8) is 0 Å². The van der Waals surface area contributed by atoms with Gasteiger partial charge in [0.2, 0.25) is 0 Å². The van der Waals surface area contributed by atoms with Crippen LogP contribution in [0, 0.1) is 12.8 Å². The highest BCUT2D eigenvalue weighted by Crippen LogP contribution is 2.26. The van der Waals surface area contributed by atoms with Crippen LogP contribution in [-0.4, -0.2) is 28.4 Å². The van der Waals surface area contributed by atoms with Crippen molar-refractivity contribution < 1.29 is 9.59 Å². The highest BCUT2D eigenvalue weighted by molar-refractivity contribution is 5.95. The third kappa shape index (κ3) is 4.19. The van der Waals surface area contributed by atoms with Gasteiger partial charge in [0.15, 0.2) is 5.78 Å². The van der Waals surface area contributed by atoms with Crippen molar-refractivity contribution >= 4 is 11.7 Å². The van der Waals surface area contributed by atoms with Gasteiger partial charge in [0.1, 0.15) is 5.69 Å². The maximum absolute atomic E-state index is 11.8. The molecule has 1 fully saturated rings. The van der Waals surface area contributed by atoms with Gasteiger partial charge >= 0.3 is 0 Å². The van der Waals surface area contributed by atoms with Crippen molar-refractivity contribution in [1.82, 2.24) is 15.5 Å². The van der Waals surface area contributed by atoms with Crippen LogP contribution in [-0.2, 0) is 4.79 Å². The fourth-order valence-corrected chi connectivity index (χ4v) is 2.59. The maximum atomic E-state index is 11.8. The quantitative estimate of drug-likeness (QED) is 0.853. The van der Waals surface area contributed by atoms with E-state index < -0.39 is 0 Å². The van der Waals surface area contributed by atoms with Crippen molar-refractivity contribution in [2.24, 2.45) is 5.92 Å². The zero-order chi connectivity index (χ0) is 13.7. The Hall–Kier alpha value is -1.65. The van der Waals surface area contributed by atoms with Crippen molar-refractivity contribution in [3.8, 4) is 0 Å². The SMILES string of the molecule is Cc1cc(C(=O)NCC(=O)CC2CCCCC2)n[nH]1. The summed E-state index contributed by atoms with van der Waals surface area (Å²) in [7, 11) is 0. The number of hydrogen-bond acceptors (Lipinski definition) is 3. The molecule has 0 spiro atoms. The third-order valence-electron chi connectivity index (χ3n) is 3.63. The van der Waals surface area contributed by atoms with Crippen LogP contribution in [0.4, 0.5) is 0 Å². The van der Waals surface area contributed by atoms with E-state index in [0.29, 0.717) is 18.0 Å². The predicted octanol–water partition coefficient (Wildman–Crippen LogP) is 1.99. The number of amides is 1. The molecule has 0 unspecified atom stereocenters. The fourth-order valence-electron chi connectivity index (χ4n) is 2.59. The topological polar surface area (TPSA) is 74.8 Å². The van der Waals surface area contributed by atoms with Crippen LogP contribution in [0.15, 0.2) is 6.07 Å². The van der Waals surface area contributed by atoms with E-state index in [4.69, 9.17) is 0 Å². The lowest BCUT2D eigenvalue weighted by Crippen LogP contribution is -2.30. The third-order valence-corrected chi connectivity index (χ3v) is 3.63. The number of Topliss-reactive ketones (excluding diaryl/α,β-unsaturated/α-hetero) is 1. The summed E-state index contributed by atoms with van der Waals surface area (Å²) in [6.45, 7) is 1.94. The van der Waals surface area contributed by atoms with Gasteiger partial charge in [-0.05, 0) is 18.9 Å². The first-order valence-electron chi connectivity index (χ1n) is 6.97. The van der Waals surface area contributed by atoms with Crippen LogP contribution in [0.2, 0.25) is 0 Å². The summed E-state index contributed by atoms with van der Waals surface area (Å²) < 4.78 is 0. The van der Waals surface area contributed by atoms with Gasteiger partial charge < -0.3 is 5.32 Å². The van der Waals surface area contributed by atoms with Crippen LogP contribution in [0.25, 0.3) is 0 Å². The lowest BCUT2D eigenvalue weighted by molar-refractivity contribution is -0.119. The number of aryl methyl sites for hydroxylation is 1. The Morgan fingerprint density at radius 2 is 2.11 bits per heavy atom. The Morgan fingerprint density at radius 1 is 1.37 bits per heavy atom. The van der Waals surface area contributed by atoms with E-state index in [9.17, 15) is 9.59 Å². The summed E-state index contributed by atoms with van der Waals surface area (Å²) in [6.07, 6.45) is 6.66. The lowest BCUT2D eigenvalue weighted by atomic mass is 9.86. The molecule has 1 aromatic rings. The van der Waals surface area contributed by atoms with Crippen LogP contribution < -0.4 is 5.32 Å². The minimum atomic E-state index is -0.290. The zero-order valence-corrected chi connectivity index (χ0v) is 11.4. The summed E-state index contributed by atoms with van der Waals surface area (Å²) in [5.41, 5.74) is 1.17. The van der Waals surface area contributed by atoms with Gasteiger partial charge in [-0.3, -0.25) is 14.7 Å². The summed E-state index contributed by atoms with van der Waals surface area (Å²) in [5, 5.41) is 9.20. The number of aromatic amines is 1. The number of rotatable bonds is 5. The second-order valence-electron chi connectivity index (χ2n) is 5.37. The predicted molar refractivity (Wildman–Crippen MR) is 71.9 cm³/mol. The first-order chi connectivity index (χ1) is 9.15. The average Bonchev–Trinajstić information content (AvgIpc) is 2.84. The molecule has 1 aliphatic carbocycles. The molecule has 0 saturated heterocycles. The second kappa shape index (κ2) is 6.50. The van der Waals surface area contributed by atoms with E-state index in [1.165, 1.54) is 19.3 Å². The van der Waals surface area contributed by atoms with Gasteiger partial charge in [0.05, 0.1) is 6.54 Å².